The Balaban J connectivity index is 0.00000400. The number of hydrogen-bond acceptors (Lipinski definition) is 5. The highest BCUT2D eigenvalue weighted by molar-refractivity contribution is 5.85. The number of nitrogens with two attached hydrogens (primary N) is 1. The molecular weight excluding hydrogens is 296 g/mol. The predicted molar refractivity (Wildman–Crippen MR) is 83.4 cm³/mol. The smallest absolute Gasteiger partial charge is 0.239 e. The van der Waals surface area contributed by atoms with Gasteiger partial charge in [-0.3, -0.25) is 4.79 Å². The zero-order valence-electron chi connectivity index (χ0n) is 12.5. The Morgan fingerprint density at radius 3 is 2.48 bits per heavy atom. The quantitative estimate of drug-likeness (QED) is 0.739. The maximum Gasteiger partial charge on any atom is 0.239 e. The minimum absolute atomic E-state index is 0. The first-order valence-electron chi connectivity index (χ1n) is 6.35. The molecule has 0 aliphatic rings. The van der Waals surface area contributed by atoms with E-state index in [1.165, 1.54) is 7.11 Å². The molecule has 0 spiro atoms. The standard InChI is InChI=1S/C14H22N2O4.ClH/c1-18-9-11(15)14(17)16-7-6-10-4-5-12(19-2)13(8-10)20-3;/h4-5,8,11H,6-7,9,15H2,1-3H3,(H,16,17);1H. The van der Waals surface area contributed by atoms with Crippen LogP contribution in [0.2, 0.25) is 0 Å². The van der Waals surface area contributed by atoms with Gasteiger partial charge in [0, 0.05) is 13.7 Å². The molecular formula is C14H23ClN2O4. The first kappa shape index (κ1) is 19.5. The molecule has 0 aliphatic carbocycles. The second-order valence-electron chi connectivity index (χ2n) is 4.29. The van der Waals surface area contributed by atoms with Crippen molar-refractivity contribution in [2.24, 2.45) is 5.73 Å². The number of ether oxygens (including phenoxy) is 3. The molecule has 1 rings (SSSR count). The van der Waals surface area contributed by atoms with E-state index in [9.17, 15) is 4.79 Å². The summed E-state index contributed by atoms with van der Waals surface area (Å²) in [5, 5.41) is 2.77. The Bertz CT molecular complexity index is 443. The van der Waals surface area contributed by atoms with Gasteiger partial charge in [-0.1, -0.05) is 6.07 Å². The molecule has 0 heterocycles. The lowest BCUT2D eigenvalue weighted by Crippen LogP contribution is -2.44. The second-order valence-corrected chi connectivity index (χ2v) is 4.29. The van der Waals surface area contributed by atoms with Crippen molar-refractivity contribution in [1.29, 1.82) is 0 Å². The van der Waals surface area contributed by atoms with Crippen molar-refractivity contribution >= 4 is 18.3 Å². The molecule has 0 saturated heterocycles. The Morgan fingerprint density at radius 2 is 1.90 bits per heavy atom. The van der Waals surface area contributed by atoms with Crippen LogP contribution in [0.25, 0.3) is 0 Å². The van der Waals surface area contributed by atoms with Crippen LogP contribution < -0.4 is 20.5 Å². The topological polar surface area (TPSA) is 82.8 Å². The molecule has 3 N–H and O–H groups in total. The van der Waals surface area contributed by atoms with Crippen molar-refractivity contribution < 1.29 is 19.0 Å². The summed E-state index contributed by atoms with van der Waals surface area (Å²) in [4.78, 5) is 11.6. The van der Waals surface area contributed by atoms with Crippen molar-refractivity contribution in [3.05, 3.63) is 23.8 Å². The van der Waals surface area contributed by atoms with Crippen LogP contribution in [0.1, 0.15) is 5.56 Å². The molecule has 21 heavy (non-hydrogen) atoms. The summed E-state index contributed by atoms with van der Waals surface area (Å²) in [6, 6.07) is 5.03. The fourth-order valence-electron chi connectivity index (χ4n) is 1.75. The van der Waals surface area contributed by atoms with E-state index in [0.29, 0.717) is 24.5 Å². The van der Waals surface area contributed by atoms with Crippen LogP contribution in [0.3, 0.4) is 0 Å². The highest BCUT2D eigenvalue weighted by atomic mass is 35.5. The van der Waals surface area contributed by atoms with Crippen molar-refractivity contribution in [1.82, 2.24) is 5.32 Å². The van der Waals surface area contributed by atoms with Gasteiger partial charge in [0.2, 0.25) is 5.91 Å². The van der Waals surface area contributed by atoms with Gasteiger partial charge in [-0.2, -0.15) is 0 Å². The first-order valence-corrected chi connectivity index (χ1v) is 6.35. The Labute approximate surface area is 131 Å². The second kappa shape index (κ2) is 10.3. The largest absolute Gasteiger partial charge is 0.493 e. The number of carbonyl (C=O) groups excluding carboxylic acids is 1. The number of carbonyl (C=O) groups is 1. The van der Waals surface area contributed by atoms with Crippen LogP contribution in [0, 0.1) is 0 Å². The van der Waals surface area contributed by atoms with Gasteiger partial charge in [-0.25, -0.2) is 0 Å². The average molecular weight is 319 g/mol. The summed E-state index contributed by atoms with van der Waals surface area (Å²) >= 11 is 0. The van der Waals surface area contributed by atoms with Gasteiger partial charge in [0.05, 0.1) is 20.8 Å². The zero-order chi connectivity index (χ0) is 15.0. The van der Waals surface area contributed by atoms with Gasteiger partial charge in [-0.15, -0.1) is 12.4 Å². The Kier molecular flexibility index (Phi) is 9.53. The summed E-state index contributed by atoms with van der Waals surface area (Å²) in [6.45, 7) is 0.716. The molecule has 1 unspecified atom stereocenters. The third kappa shape index (κ3) is 6.20. The van der Waals surface area contributed by atoms with E-state index in [-0.39, 0.29) is 24.9 Å². The number of hydrogen-bond donors (Lipinski definition) is 2. The molecule has 0 fully saturated rings. The molecule has 6 nitrogen and oxygen atoms in total. The summed E-state index contributed by atoms with van der Waals surface area (Å²) in [7, 11) is 4.69. The van der Waals surface area contributed by atoms with Gasteiger partial charge in [-0.05, 0) is 24.1 Å². The maximum atomic E-state index is 11.6. The third-order valence-electron chi connectivity index (χ3n) is 2.84. The van der Waals surface area contributed by atoms with Crippen molar-refractivity contribution in [3.63, 3.8) is 0 Å². The zero-order valence-corrected chi connectivity index (χ0v) is 13.4. The minimum atomic E-state index is -0.634. The number of nitrogens with one attached hydrogen (secondary N) is 1. The van der Waals surface area contributed by atoms with Crippen LogP contribution in [-0.2, 0) is 16.0 Å². The van der Waals surface area contributed by atoms with Crippen molar-refractivity contribution in [2.45, 2.75) is 12.5 Å². The normalized spacial score (nSPS) is 11.2. The van der Waals surface area contributed by atoms with Crippen LogP contribution in [0.5, 0.6) is 11.5 Å². The van der Waals surface area contributed by atoms with E-state index in [2.05, 4.69) is 5.32 Å². The highest BCUT2D eigenvalue weighted by Gasteiger charge is 2.12. The molecule has 1 atom stereocenters. The van der Waals surface area contributed by atoms with Crippen molar-refractivity contribution in [2.75, 3.05) is 34.5 Å². The van der Waals surface area contributed by atoms with Gasteiger partial charge in [0.15, 0.2) is 11.5 Å². The van der Waals surface area contributed by atoms with E-state index in [4.69, 9.17) is 19.9 Å². The van der Waals surface area contributed by atoms with Gasteiger partial charge in [0.25, 0.3) is 0 Å². The van der Waals surface area contributed by atoms with Gasteiger partial charge >= 0.3 is 0 Å². The minimum Gasteiger partial charge on any atom is -0.493 e. The van der Waals surface area contributed by atoms with E-state index < -0.39 is 6.04 Å². The number of rotatable bonds is 8. The lowest BCUT2D eigenvalue weighted by Gasteiger charge is -2.12. The molecule has 7 heteroatoms. The van der Waals surface area contributed by atoms with E-state index in [0.717, 1.165) is 5.56 Å². The summed E-state index contributed by atoms with van der Waals surface area (Å²) in [5.74, 6) is 1.14. The lowest BCUT2D eigenvalue weighted by molar-refractivity contribution is -0.123. The summed E-state index contributed by atoms with van der Waals surface area (Å²) < 4.78 is 15.2. The van der Waals surface area contributed by atoms with Gasteiger partial charge in [0.1, 0.15) is 6.04 Å². The Morgan fingerprint density at radius 1 is 1.24 bits per heavy atom. The fourth-order valence-corrected chi connectivity index (χ4v) is 1.75. The molecule has 1 amide bonds. The number of halogens is 1. The Hall–Kier alpha value is -1.50. The van der Waals surface area contributed by atoms with Crippen LogP contribution in [-0.4, -0.2) is 46.4 Å². The average Bonchev–Trinajstić information content (AvgIpc) is 2.47. The molecule has 0 radical (unpaired) electrons. The molecule has 0 saturated carbocycles. The maximum absolute atomic E-state index is 11.6. The molecule has 1 aromatic rings. The predicted octanol–water partition coefficient (Wildman–Crippen LogP) is 0.758. The van der Waals surface area contributed by atoms with E-state index in [1.807, 2.05) is 18.2 Å². The van der Waals surface area contributed by atoms with Gasteiger partial charge < -0.3 is 25.3 Å². The van der Waals surface area contributed by atoms with E-state index >= 15 is 0 Å². The fraction of sp³-hybridized carbons (Fsp3) is 0.500. The van der Waals surface area contributed by atoms with Crippen LogP contribution >= 0.6 is 12.4 Å². The SMILES string of the molecule is COCC(N)C(=O)NCCc1ccc(OC)c(OC)c1.Cl. The molecule has 0 aromatic heterocycles. The number of benzene rings is 1. The molecule has 0 aliphatic heterocycles. The first-order chi connectivity index (χ1) is 9.62. The van der Waals surface area contributed by atoms with Crippen LogP contribution in [0.4, 0.5) is 0 Å². The lowest BCUT2D eigenvalue weighted by atomic mass is 10.1. The highest BCUT2D eigenvalue weighted by Crippen LogP contribution is 2.27. The molecule has 0 bridgehead atoms. The monoisotopic (exact) mass is 318 g/mol. The summed E-state index contributed by atoms with van der Waals surface area (Å²) in [6.07, 6.45) is 0.686. The third-order valence-corrected chi connectivity index (χ3v) is 2.84. The molecule has 120 valence electrons. The van der Waals surface area contributed by atoms with Crippen molar-refractivity contribution in [3.8, 4) is 11.5 Å². The molecule has 1 aromatic carbocycles. The summed E-state index contributed by atoms with van der Waals surface area (Å²) in [5.41, 5.74) is 6.66. The number of methoxy groups -OCH3 is 3. The van der Waals surface area contributed by atoms with Crippen LogP contribution in [0.15, 0.2) is 18.2 Å². The van der Waals surface area contributed by atoms with E-state index in [1.54, 1.807) is 14.2 Å². The number of amides is 1.